The molecule has 1 aromatic carbocycles. The third-order valence-electron chi connectivity index (χ3n) is 2.70. The number of aliphatic hydroxyl groups is 1. The molecule has 0 saturated carbocycles. The molecule has 0 aliphatic heterocycles. The predicted octanol–water partition coefficient (Wildman–Crippen LogP) is 5.31. The summed E-state index contributed by atoms with van der Waals surface area (Å²) in [7, 11) is 0. The van der Waals surface area contributed by atoms with Crippen LogP contribution in [0.1, 0.15) is 32.3 Å². The van der Waals surface area contributed by atoms with Crippen molar-refractivity contribution in [3.8, 4) is 0 Å². The molecule has 0 bridgehead atoms. The summed E-state index contributed by atoms with van der Waals surface area (Å²) in [4.78, 5) is 0. The summed E-state index contributed by atoms with van der Waals surface area (Å²) in [6.45, 7) is 11.1. The maximum absolute atomic E-state index is 12.7. The predicted molar refractivity (Wildman–Crippen MR) is 90.5 cm³/mol. The first-order valence-electron chi connectivity index (χ1n) is 7.01. The van der Waals surface area contributed by atoms with Crippen molar-refractivity contribution >= 4 is 6.08 Å². The molecule has 0 aromatic heterocycles. The van der Waals surface area contributed by atoms with E-state index in [1.165, 1.54) is 17.7 Å². The van der Waals surface area contributed by atoms with Crippen LogP contribution in [0.15, 0.2) is 66.8 Å². The van der Waals surface area contributed by atoms with E-state index in [2.05, 4.69) is 13.2 Å². The number of allylic oxidation sites excluding steroid dienone is 5. The van der Waals surface area contributed by atoms with Crippen LogP contribution in [-0.2, 0) is 0 Å². The lowest BCUT2D eigenvalue weighted by molar-refractivity contribution is 0.289. The van der Waals surface area contributed by atoms with Crippen molar-refractivity contribution in [2.45, 2.75) is 26.7 Å². The quantitative estimate of drug-likeness (QED) is 0.704. The molecule has 114 valence electrons. The van der Waals surface area contributed by atoms with Crippen molar-refractivity contribution < 1.29 is 9.50 Å². The summed E-state index contributed by atoms with van der Waals surface area (Å²) < 4.78 is 12.7. The van der Waals surface area contributed by atoms with E-state index in [4.69, 9.17) is 5.11 Å². The van der Waals surface area contributed by atoms with Gasteiger partial charge in [-0.1, -0.05) is 60.7 Å². The zero-order chi connectivity index (χ0) is 16.1. The van der Waals surface area contributed by atoms with Gasteiger partial charge in [0.1, 0.15) is 5.82 Å². The number of benzene rings is 1. The number of halogens is 1. The van der Waals surface area contributed by atoms with E-state index in [1.807, 2.05) is 32.1 Å². The Morgan fingerprint density at radius 1 is 1.29 bits per heavy atom. The smallest absolute Gasteiger partial charge is 0.123 e. The Balaban J connectivity index is 0.000000690. The van der Waals surface area contributed by atoms with Gasteiger partial charge in [-0.2, -0.15) is 0 Å². The molecular formula is C19H25FO. The molecule has 0 fully saturated rings. The summed E-state index contributed by atoms with van der Waals surface area (Å²) in [5, 5.41) is 8.73. The number of rotatable bonds is 6. The minimum atomic E-state index is -0.219. The molecule has 1 N–H and O–H groups in total. The molecule has 0 spiro atoms. The van der Waals surface area contributed by atoms with E-state index in [9.17, 15) is 4.39 Å². The minimum Gasteiger partial charge on any atom is -0.396 e. The van der Waals surface area contributed by atoms with Crippen LogP contribution in [0.3, 0.4) is 0 Å². The third-order valence-corrected chi connectivity index (χ3v) is 2.70. The summed E-state index contributed by atoms with van der Waals surface area (Å²) in [6.07, 6.45) is 9.34. The van der Waals surface area contributed by atoms with Crippen LogP contribution in [-0.4, -0.2) is 11.7 Å². The van der Waals surface area contributed by atoms with Crippen molar-refractivity contribution in [2.24, 2.45) is 0 Å². The molecule has 0 amide bonds. The second kappa shape index (κ2) is 11.9. The van der Waals surface area contributed by atoms with Gasteiger partial charge < -0.3 is 5.11 Å². The monoisotopic (exact) mass is 288 g/mol. The largest absolute Gasteiger partial charge is 0.396 e. The Morgan fingerprint density at radius 3 is 2.29 bits per heavy atom. The van der Waals surface area contributed by atoms with Gasteiger partial charge in [-0.3, -0.25) is 0 Å². The van der Waals surface area contributed by atoms with Crippen LogP contribution in [0.4, 0.5) is 4.39 Å². The Bertz CT molecular complexity index is 481. The van der Waals surface area contributed by atoms with E-state index in [-0.39, 0.29) is 12.4 Å². The molecule has 0 aliphatic rings. The third kappa shape index (κ3) is 10.5. The van der Waals surface area contributed by atoms with Crippen molar-refractivity contribution in [1.82, 2.24) is 0 Å². The number of aliphatic hydroxyl groups excluding tert-OH is 1. The fraction of sp³-hybridized carbons (Fsp3) is 0.263. The van der Waals surface area contributed by atoms with Gasteiger partial charge in [0.2, 0.25) is 0 Å². The van der Waals surface area contributed by atoms with Crippen LogP contribution in [0.5, 0.6) is 0 Å². The highest BCUT2D eigenvalue weighted by molar-refractivity contribution is 5.52. The summed E-state index contributed by atoms with van der Waals surface area (Å²) >= 11 is 0. The van der Waals surface area contributed by atoms with Gasteiger partial charge in [-0.05, 0) is 44.4 Å². The normalized spacial score (nSPS) is 11.0. The highest BCUT2D eigenvalue weighted by Gasteiger charge is 1.92. The van der Waals surface area contributed by atoms with Crippen molar-refractivity contribution in [3.63, 3.8) is 0 Å². The molecule has 1 nitrogen and oxygen atoms in total. The Morgan fingerprint density at radius 2 is 1.86 bits per heavy atom. The highest BCUT2D eigenvalue weighted by Crippen LogP contribution is 2.10. The van der Waals surface area contributed by atoms with E-state index < -0.39 is 0 Å². The van der Waals surface area contributed by atoms with Gasteiger partial charge in [-0.25, -0.2) is 4.39 Å². The van der Waals surface area contributed by atoms with Crippen LogP contribution in [0.25, 0.3) is 6.08 Å². The van der Waals surface area contributed by atoms with Gasteiger partial charge in [0.25, 0.3) is 0 Å². The lowest BCUT2D eigenvalue weighted by Gasteiger charge is -1.99. The molecule has 0 atom stereocenters. The van der Waals surface area contributed by atoms with E-state index in [0.29, 0.717) is 0 Å². The maximum Gasteiger partial charge on any atom is 0.123 e. The van der Waals surface area contributed by atoms with E-state index in [0.717, 1.165) is 24.0 Å². The Labute approximate surface area is 127 Å². The molecule has 0 unspecified atom stereocenters. The molecule has 0 radical (unpaired) electrons. The zero-order valence-corrected chi connectivity index (χ0v) is 13.0. The van der Waals surface area contributed by atoms with Crippen molar-refractivity contribution in [1.29, 1.82) is 0 Å². The first-order chi connectivity index (χ1) is 10.0. The lowest BCUT2D eigenvalue weighted by atomic mass is 10.1. The first-order valence-corrected chi connectivity index (χ1v) is 7.01. The van der Waals surface area contributed by atoms with Crippen LogP contribution < -0.4 is 0 Å². The van der Waals surface area contributed by atoms with E-state index in [1.54, 1.807) is 18.2 Å². The first kappa shape index (κ1) is 19.1. The fourth-order valence-corrected chi connectivity index (χ4v) is 1.38. The SMILES string of the molecule is C/C=C(/C=C/c1ccc(F)cc1)CCCO.C=CC(=C)C. The summed E-state index contributed by atoms with van der Waals surface area (Å²) in [5.41, 5.74) is 3.17. The lowest BCUT2D eigenvalue weighted by Crippen LogP contribution is -1.84. The van der Waals surface area contributed by atoms with Gasteiger partial charge in [-0.15, -0.1) is 0 Å². The molecule has 2 heteroatoms. The van der Waals surface area contributed by atoms with Crippen LogP contribution >= 0.6 is 0 Å². The van der Waals surface area contributed by atoms with Crippen LogP contribution in [0, 0.1) is 5.82 Å². The number of hydrogen-bond donors (Lipinski definition) is 1. The van der Waals surface area contributed by atoms with Gasteiger partial charge in [0.05, 0.1) is 0 Å². The Hall–Kier alpha value is -1.93. The molecule has 0 aliphatic carbocycles. The average molecular weight is 288 g/mol. The van der Waals surface area contributed by atoms with Crippen LogP contribution in [0.2, 0.25) is 0 Å². The summed E-state index contributed by atoms with van der Waals surface area (Å²) in [5.74, 6) is -0.219. The zero-order valence-electron chi connectivity index (χ0n) is 13.0. The standard InChI is InChI=1S/C14H17FO.C5H8/c1-2-12(4-3-11-16)5-6-13-7-9-14(15)10-8-13;1-4-5(2)3/h2,5-10,16H,3-4,11H2,1H3;4H,1-2H2,3H3/b6-5+,12-2+;. The van der Waals surface area contributed by atoms with Gasteiger partial charge in [0.15, 0.2) is 0 Å². The topological polar surface area (TPSA) is 20.2 Å². The average Bonchev–Trinajstić information content (AvgIpc) is 2.49. The molecule has 21 heavy (non-hydrogen) atoms. The highest BCUT2D eigenvalue weighted by atomic mass is 19.1. The van der Waals surface area contributed by atoms with Crippen molar-refractivity contribution in [3.05, 3.63) is 78.2 Å². The van der Waals surface area contributed by atoms with Gasteiger partial charge in [0, 0.05) is 6.61 Å². The second-order valence-electron chi connectivity index (χ2n) is 4.63. The number of hydrogen-bond acceptors (Lipinski definition) is 1. The second-order valence-corrected chi connectivity index (χ2v) is 4.63. The molecule has 0 saturated heterocycles. The van der Waals surface area contributed by atoms with Gasteiger partial charge >= 0.3 is 0 Å². The summed E-state index contributed by atoms with van der Waals surface area (Å²) in [6, 6.07) is 6.38. The Kier molecular flexibility index (Phi) is 10.8. The molecular weight excluding hydrogens is 263 g/mol. The van der Waals surface area contributed by atoms with E-state index >= 15 is 0 Å². The fourth-order valence-electron chi connectivity index (χ4n) is 1.38. The molecule has 1 rings (SSSR count). The molecule has 0 heterocycles. The minimum absolute atomic E-state index is 0.210. The molecule has 1 aromatic rings. The maximum atomic E-state index is 12.7. The van der Waals surface area contributed by atoms with Crippen molar-refractivity contribution in [2.75, 3.05) is 6.61 Å².